The number of carboxylic acid groups (broad SMARTS) is 1. The molecule has 7 nitrogen and oxygen atoms in total. The minimum absolute atomic E-state index is 0.429. The van der Waals surface area contributed by atoms with Crippen molar-refractivity contribution in [3.8, 4) is 0 Å². The zero-order valence-corrected chi connectivity index (χ0v) is 9.11. The molecule has 2 rings (SSSR count). The van der Waals surface area contributed by atoms with E-state index in [0.29, 0.717) is 44.0 Å². The molecule has 7 heteroatoms. The van der Waals surface area contributed by atoms with Crippen molar-refractivity contribution in [1.82, 2.24) is 14.9 Å². The van der Waals surface area contributed by atoms with Crippen LogP contribution in [0, 0.1) is 0 Å². The summed E-state index contributed by atoms with van der Waals surface area (Å²) in [5.41, 5.74) is 0.429. The van der Waals surface area contributed by atoms with Crippen LogP contribution in [-0.4, -0.2) is 58.5 Å². The van der Waals surface area contributed by atoms with Gasteiger partial charge in [0.1, 0.15) is 0 Å². The fourth-order valence-corrected chi connectivity index (χ4v) is 1.65. The first-order valence-corrected chi connectivity index (χ1v) is 5.21. The standard InChI is InChI=1S/C10H12N4O3/c15-7-8-5-11-9(12-6-8)13-1-3-14(4-2-13)10(16)17/h5-7H,1-4H2,(H,16,17). The maximum Gasteiger partial charge on any atom is 0.407 e. The van der Waals surface area contributed by atoms with Crippen LogP contribution in [0.3, 0.4) is 0 Å². The van der Waals surface area contributed by atoms with E-state index in [-0.39, 0.29) is 0 Å². The number of anilines is 1. The van der Waals surface area contributed by atoms with E-state index in [1.807, 2.05) is 4.90 Å². The second-order valence-electron chi connectivity index (χ2n) is 3.69. The molecule has 0 unspecified atom stereocenters. The molecule has 0 spiro atoms. The lowest BCUT2D eigenvalue weighted by atomic mass is 10.3. The Kier molecular flexibility index (Phi) is 3.17. The normalized spacial score (nSPS) is 15.8. The number of nitrogens with zero attached hydrogens (tertiary/aromatic N) is 4. The number of aromatic nitrogens is 2. The van der Waals surface area contributed by atoms with Gasteiger partial charge in [-0.15, -0.1) is 0 Å². The molecule has 90 valence electrons. The fourth-order valence-electron chi connectivity index (χ4n) is 1.65. The number of amides is 1. The lowest BCUT2D eigenvalue weighted by Crippen LogP contribution is -2.48. The second kappa shape index (κ2) is 4.77. The van der Waals surface area contributed by atoms with Gasteiger partial charge in [-0.2, -0.15) is 0 Å². The first kappa shape index (κ1) is 11.3. The van der Waals surface area contributed by atoms with Gasteiger partial charge in [0.15, 0.2) is 6.29 Å². The number of aldehydes is 1. The quantitative estimate of drug-likeness (QED) is 0.732. The molecule has 0 atom stereocenters. The summed E-state index contributed by atoms with van der Waals surface area (Å²) in [7, 11) is 0. The van der Waals surface area contributed by atoms with Crippen LogP contribution in [0.15, 0.2) is 12.4 Å². The summed E-state index contributed by atoms with van der Waals surface area (Å²) in [5.74, 6) is 0.528. The highest BCUT2D eigenvalue weighted by atomic mass is 16.4. The van der Waals surface area contributed by atoms with Crippen LogP contribution in [-0.2, 0) is 0 Å². The Balaban J connectivity index is 2.00. The van der Waals surface area contributed by atoms with Crippen LogP contribution in [0.1, 0.15) is 10.4 Å². The molecule has 0 aromatic carbocycles. The van der Waals surface area contributed by atoms with E-state index in [9.17, 15) is 9.59 Å². The second-order valence-corrected chi connectivity index (χ2v) is 3.69. The maximum absolute atomic E-state index is 10.7. The van der Waals surface area contributed by atoms with Gasteiger partial charge in [-0.05, 0) is 0 Å². The zero-order valence-electron chi connectivity index (χ0n) is 9.11. The predicted octanol–water partition coefficient (Wildman–Crippen LogP) is 0.0891. The molecular weight excluding hydrogens is 224 g/mol. The highest BCUT2D eigenvalue weighted by Gasteiger charge is 2.21. The smallest absolute Gasteiger partial charge is 0.407 e. The number of rotatable bonds is 2. The third-order valence-electron chi connectivity index (χ3n) is 2.63. The molecule has 1 saturated heterocycles. The summed E-state index contributed by atoms with van der Waals surface area (Å²) in [5, 5.41) is 8.80. The lowest BCUT2D eigenvalue weighted by molar-refractivity contribution is 0.112. The average molecular weight is 236 g/mol. The Hall–Kier alpha value is -2.18. The fraction of sp³-hybridized carbons (Fsp3) is 0.400. The Bertz CT molecular complexity index is 412. The largest absolute Gasteiger partial charge is 0.465 e. The van der Waals surface area contributed by atoms with E-state index in [0.717, 1.165) is 0 Å². The van der Waals surface area contributed by atoms with Crippen molar-refractivity contribution >= 4 is 18.3 Å². The number of piperazine rings is 1. The molecule has 0 saturated carbocycles. The number of hydrogen-bond acceptors (Lipinski definition) is 5. The highest BCUT2D eigenvalue weighted by Crippen LogP contribution is 2.10. The summed E-state index contributed by atoms with van der Waals surface area (Å²) in [6, 6.07) is 0. The van der Waals surface area contributed by atoms with Crippen molar-refractivity contribution in [2.75, 3.05) is 31.1 Å². The van der Waals surface area contributed by atoms with Gasteiger partial charge in [0, 0.05) is 38.6 Å². The van der Waals surface area contributed by atoms with E-state index < -0.39 is 6.09 Å². The Morgan fingerprint density at radius 2 is 1.82 bits per heavy atom. The van der Waals surface area contributed by atoms with Crippen LogP contribution in [0.5, 0.6) is 0 Å². The summed E-state index contributed by atoms with van der Waals surface area (Å²) < 4.78 is 0. The van der Waals surface area contributed by atoms with Crippen LogP contribution >= 0.6 is 0 Å². The Labute approximate surface area is 97.7 Å². The molecule has 1 N–H and O–H groups in total. The van der Waals surface area contributed by atoms with Crippen molar-refractivity contribution < 1.29 is 14.7 Å². The molecule has 0 bridgehead atoms. The predicted molar refractivity (Wildman–Crippen MR) is 59.2 cm³/mol. The topological polar surface area (TPSA) is 86.6 Å². The highest BCUT2D eigenvalue weighted by molar-refractivity contribution is 5.73. The molecule has 1 aliphatic heterocycles. The molecule has 2 heterocycles. The van der Waals surface area contributed by atoms with Crippen LogP contribution in [0.4, 0.5) is 10.7 Å². The first-order valence-electron chi connectivity index (χ1n) is 5.21. The van der Waals surface area contributed by atoms with Crippen molar-refractivity contribution in [3.63, 3.8) is 0 Å². The maximum atomic E-state index is 10.7. The van der Waals surface area contributed by atoms with Crippen LogP contribution in [0.2, 0.25) is 0 Å². The van der Waals surface area contributed by atoms with Gasteiger partial charge in [0.2, 0.25) is 5.95 Å². The zero-order chi connectivity index (χ0) is 12.3. The molecule has 1 fully saturated rings. The number of hydrogen-bond donors (Lipinski definition) is 1. The molecular formula is C10H12N4O3. The molecule has 1 aromatic rings. The van der Waals surface area contributed by atoms with Gasteiger partial charge in [-0.1, -0.05) is 0 Å². The summed E-state index contributed by atoms with van der Waals surface area (Å²) >= 11 is 0. The minimum Gasteiger partial charge on any atom is -0.465 e. The third-order valence-corrected chi connectivity index (χ3v) is 2.63. The molecule has 0 aliphatic carbocycles. The average Bonchev–Trinajstić information content (AvgIpc) is 2.39. The van der Waals surface area contributed by atoms with Gasteiger partial charge >= 0.3 is 6.09 Å². The van der Waals surface area contributed by atoms with Crippen molar-refractivity contribution in [2.24, 2.45) is 0 Å². The van der Waals surface area contributed by atoms with Crippen molar-refractivity contribution in [1.29, 1.82) is 0 Å². The number of carbonyl (C=O) groups is 2. The molecule has 1 amide bonds. The van der Waals surface area contributed by atoms with Gasteiger partial charge in [-0.25, -0.2) is 14.8 Å². The SMILES string of the molecule is O=Cc1cnc(N2CCN(C(=O)O)CC2)nc1. The molecule has 1 aromatic heterocycles. The van der Waals surface area contributed by atoms with E-state index in [1.165, 1.54) is 17.3 Å². The lowest BCUT2D eigenvalue weighted by Gasteiger charge is -2.32. The molecule has 1 aliphatic rings. The summed E-state index contributed by atoms with van der Waals surface area (Å²) in [4.78, 5) is 32.5. The van der Waals surface area contributed by atoms with E-state index >= 15 is 0 Å². The van der Waals surface area contributed by atoms with Gasteiger partial charge in [0.05, 0.1) is 5.56 Å². The third kappa shape index (κ3) is 2.49. The Morgan fingerprint density at radius 1 is 1.24 bits per heavy atom. The first-order chi connectivity index (χ1) is 8.20. The minimum atomic E-state index is -0.901. The van der Waals surface area contributed by atoms with Crippen molar-refractivity contribution in [3.05, 3.63) is 18.0 Å². The molecule has 17 heavy (non-hydrogen) atoms. The van der Waals surface area contributed by atoms with E-state index in [4.69, 9.17) is 5.11 Å². The summed E-state index contributed by atoms with van der Waals surface area (Å²) in [6.07, 6.45) is 2.70. The Morgan fingerprint density at radius 3 is 2.29 bits per heavy atom. The number of carbonyl (C=O) groups excluding carboxylic acids is 1. The van der Waals surface area contributed by atoms with Crippen LogP contribution in [0.25, 0.3) is 0 Å². The van der Waals surface area contributed by atoms with Crippen molar-refractivity contribution in [2.45, 2.75) is 0 Å². The van der Waals surface area contributed by atoms with Gasteiger partial charge < -0.3 is 14.9 Å². The van der Waals surface area contributed by atoms with Crippen LogP contribution < -0.4 is 4.90 Å². The van der Waals surface area contributed by atoms with E-state index in [2.05, 4.69) is 9.97 Å². The van der Waals surface area contributed by atoms with E-state index in [1.54, 1.807) is 0 Å². The monoisotopic (exact) mass is 236 g/mol. The summed E-state index contributed by atoms with van der Waals surface area (Å²) in [6.45, 7) is 2.00. The van der Waals surface area contributed by atoms with Gasteiger partial charge in [0.25, 0.3) is 0 Å². The molecule has 0 radical (unpaired) electrons. The van der Waals surface area contributed by atoms with Gasteiger partial charge in [-0.3, -0.25) is 4.79 Å².